The van der Waals surface area contributed by atoms with Crippen molar-refractivity contribution < 1.29 is 22.7 Å². The van der Waals surface area contributed by atoms with Crippen LogP contribution in [0.5, 0.6) is 0 Å². The molecule has 0 aliphatic heterocycles. The number of carbonyl (C=O) groups is 1. The van der Waals surface area contributed by atoms with Crippen LogP contribution in [0.2, 0.25) is 0 Å². The molecule has 1 aromatic rings. The van der Waals surface area contributed by atoms with Gasteiger partial charge in [-0.15, -0.1) is 0 Å². The summed E-state index contributed by atoms with van der Waals surface area (Å²) in [6.07, 6.45) is -2.39. The molecule has 88 valence electrons. The molecule has 0 saturated heterocycles. The van der Waals surface area contributed by atoms with E-state index in [1.165, 1.54) is 6.92 Å². The number of alkyl halides is 2. The van der Waals surface area contributed by atoms with Crippen LogP contribution in [-0.4, -0.2) is 17.6 Å². The first-order valence-corrected chi connectivity index (χ1v) is 4.38. The number of carbonyl (C=O) groups excluding carboxylic acids is 1. The number of halogens is 3. The summed E-state index contributed by atoms with van der Waals surface area (Å²) < 4.78 is 42.8. The number of rotatable bonds is 3. The summed E-state index contributed by atoms with van der Waals surface area (Å²) in [5.74, 6) is -3.12. The van der Waals surface area contributed by atoms with E-state index in [-0.39, 0.29) is 6.61 Å². The molecule has 0 unspecified atom stereocenters. The quantitative estimate of drug-likeness (QED) is 0.811. The van der Waals surface area contributed by atoms with Crippen molar-refractivity contribution >= 4 is 11.8 Å². The molecule has 0 aliphatic rings. The highest BCUT2D eigenvalue weighted by molar-refractivity contribution is 5.91. The lowest BCUT2D eigenvalue weighted by Crippen LogP contribution is -2.12. The van der Waals surface area contributed by atoms with Crippen LogP contribution in [-0.2, 0) is 4.74 Å². The van der Waals surface area contributed by atoms with Gasteiger partial charge in [0.25, 0.3) is 6.43 Å². The maximum Gasteiger partial charge on any atom is 0.340 e. The van der Waals surface area contributed by atoms with E-state index in [4.69, 9.17) is 5.73 Å². The first-order chi connectivity index (χ1) is 7.49. The number of ether oxygens (including phenoxy) is 1. The predicted octanol–water partition coefficient (Wildman–Crippen LogP) is 1.92. The second-order valence-electron chi connectivity index (χ2n) is 2.81. The van der Waals surface area contributed by atoms with Crippen LogP contribution in [0.3, 0.4) is 0 Å². The van der Waals surface area contributed by atoms with E-state index >= 15 is 0 Å². The SMILES string of the molecule is CCOC(=O)c1cnc(N)c(F)c1C(F)F. The Kier molecular flexibility index (Phi) is 3.70. The molecule has 16 heavy (non-hydrogen) atoms. The van der Waals surface area contributed by atoms with Crippen LogP contribution in [0.4, 0.5) is 19.0 Å². The minimum Gasteiger partial charge on any atom is -0.462 e. The molecule has 1 aromatic heterocycles. The van der Waals surface area contributed by atoms with Crippen molar-refractivity contribution in [2.75, 3.05) is 12.3 Å². The monoisotopic (exact) mass is 234 g/mol. The van der Waals surface area contributed by atoms with Crippen molar-refractivity contribution in [3.63, 3.8) is 0 Å². The smallest absolute Gasteiger partial charge is 0.340 e. The van der Waals surface area contributed by atoms with Crippen LogP contribution >= 0.6 is 0 Å². The Hall–Kier alpha value is -1.79. The third kappa shape index (κ3) is 2.23. The number of anilines is 1. The molecule has 0 fully saturated rings. The van der Waals surface area contributed by atoms with Crippen LogP contribution in [0.25, 0.3) is 0 Å². The fourth-order valence-electron chi connectivity index (χ4n) is 1.10. The Bertz CT molecular complexity index is 410. The standard InChI is InChI=1S/C9H9F3N2O2/c1-2-16-9(15)4-3-14-8(13)6(10)5(4)7(11)12/h3,7H,2H2,1H3,(H2,13,14). The van der Waals surface area contributed by atoms with Crippen molar-refractivity contribution in [1.29, 1.82) is 0 Å². The summed E-state index contributed by atoms with van der Waals surface area (Å²) >= 11 is 0. The molecule has 7 heteroatoms. The second-order valence-corrected chi connectivity index (χ2v) is 2.81. The van der Waals surface area contributed by atoms with E-state index in [9.17, 15) is 18.0 Å². The average Bonchev–Trinajstić information content (AvgIpc) is 2.21. The van der Waals surface area contributed by atoms with Gasteiger partial charge in [-0.05, 0) is 6.92 Å². The second kappa shape index (κ2) is 4.82. The van der Waals surface area contributed by atoms with Crippen LogP contribution < -0.4 is 5.73 Å². The van der Waals surface area contributed by atoms with Gasteiger partial charge in [-0.1, -0.05) is 0 Å². The van der Waals surface area contributed by atoms with Crippen molar-refractivity contribution in [1.82, 2.24) is 4.98 Å². The Morgan fingerprint density at radius 2 is 2.25 bits per heavy atom. The Labute approximate surface area is 89.2 Å². The van der Waals surface area contributed by atoms with Crippen LogP contribution in [0.1, 0.15) is 29.3 Å². The number of pyridine rings is 1. The third-order valence-electron chi connectivity index (χ3n) is 1.80. The maximum atomic E-state index is 13.2. The Morgan fingerprint density at radius 3 is 2.75 bits per heavy atom. The number of hydrogen-bond acceptors (Lipinski definition) is 4. The molecule has 1 heterocycles. The normalized spacial score (nSPS) is 10.6. The minimum absolute atomic E-state index is 0.00644. The fourth-order valence-corrected chi connectivity index (χ4v) is 1.10. The highest BCUT2D eigenvalue weighted by Gasteiger charge is 2.25. The first-order valence-electron chi connectivity index (χ1n) is 4.38. The third-order valence-corrected chi connectivity index (χ3v) is 1.80. The molecule has 0 saturated carbocycles. The first kappa shape index (κ1) is 12.3. The van der Waals surface area contributed by atoms with Gasteiger partial charge >= 0.3 is 5.97 Å². The summed E-state index contributed by atoms with van der Waals surface area (Å²) in [7, 11) is 0. The van der Waals surface area contributed by atoms with E-state index < -0.39 is 35.2 Å². The van der Waals surface area contributed by atoms with E-state index in [0.29, 0.717) is 0 Å². The summed E-state index contributed by atoms with van der Waals surface area (Å²) in [5.41, 5.74) is 3.34. The Balaban J connectivity index is 3.28. The summed E-state index contributed by atoms with van der Waals surface area (Å²) in [6.45, 7) is 1.49. The minimum atomic E-state index is -3.16. The zero-order valence-electron chi connectivity index (χ0n) is 8.34. The van der Waals surface area contributed by atoms with Gasteiger partial charge in [-0.25, -0.2) is 22.9 Å². The topological polar surface area (TPSA) is 65.2 Å². The highest BCUT2D eigenvalue weighted by atomic mass is 19.3. The van der Waals surface area contributed by atoms with Gasteiger partial charge in [0.2, 0.25) is 0 Å². The lowest BCUT2D eigenvalue weighted by atomic mass is 10.1. The number of nitrogen functional groups attached to an aromatic ring is 1. The van der Waals surface area contributed by atoms with Crippen LogP contribution in [0, 0.1) is 5.82 Å². The molecule has 4 nitrogen and oxygen atoms in total. The lowest BCUT2D eigenvalue weighted by Gasteiger charge is -2.09. The van der Waals surface area contributed by atoms with Gasteiger partial charge in [0.1, 0.15) is 0 Å². The highest BCUT2D eigenvalue weighted by Crippen LogP contribution is 2.28. The van der Waals surface area contributed by atoms with Crippen molar-refractivity contribution in [3.05, 3.63) is 23.1 Å². The zero-order chi connectivity index (χ0) is 12.3. The number of esters is 1. The van der Waals surface area contributed by atoms with Gasteiger partial charge in [0, 0.05) is 6.20 Å². The summed E-state index contributed by atoms with van der Waals surface area (Å²) in [5, 5.41) is 0. The van der Waals surface area contributed by atoms with Gasteiger partial charge in [-0.2, -0.15) is 0 Å². The summed E-state index contributed by atoms with van der Waals surface area (Å²) in [4.78, 5) is 14.5. The largest absolute Gasteiger partial charge is 0.462 e. The Morgan fingerprint density at radius 1 is 1.62 bits per heavy atom. The average molecular weight is 234 g/mol. The zero-order valence-corrected chi connectivity index (χ0v) is 8.34. The van der Waals surface area contributed by atoms with Crippen molar-refractivity contribution in [3.8, 4) is 0 Å². The van der Waals surface area contributed by atoms with Crippen LogP contribution in [0.15, 0.2) is 6.20 Å². The van der Waals surface area contributed by atoms with Crippen molar-refractivity contribution in [2.24, 2.45) is 0 Å². The van der Waals surface area contributed by atoms with Gasteiger partial charge in [0.05, 0.1) is 17.7 Å². The van der Waals surface area contributed by atoms with Gasteiger partial charge < -0.3 is 10.5 Å². The molecule has 0 radical (unpaired) electrons. The maximum absolute atomic E-state index is 13.2. The fraction of sp³-hybridized carbons (Fsp3) is 0.333. The molecule has 1 rings (SSSR count). The molecule has 0 aromatic carbocycles. The molecule has 0 amide bonds. The van der Waals surface area contributed by atoms with E-state index in [1.54, 1.807) is 0 Å². The number of nitrogens with zero attached hydrogens (tertiary/aromatic N) is 1. The molecular weight excluding hydrogens is 225 g/mol. The molecule has 0 aliphatic carbocycles. The molecule has 0 bridgehead atoms. The molecule has 2 N–H and O–H groups in total. The van der Waals surface area contributed by atoms with Crippen molar-refractivity contribution in [2.45, 2.75) is 13.3 Å². The number of hydrogen-bond donors (Lipinski definition) is 1. The van der Waals surface area contributed by atoms with Gasteiger partial charge in [-0.3, -0.25) is 0 Å². The number of nitrogens with two attached hydrogens (primary N) is 1. The van der Waals surface area contributed by atoms with E-state index in [0.717, 1.165) is 6.20 Å². The molecule has 0 atom stereocenters. The molecule has 0 spiro atoms. The number of aromatic nitrogens is 1. The molecular formula is C9H9F3N2O2. The van der Waals surface area contributed by atoms with Gasteiger partial charge in [0.15, 0.2) is 11.6 Å². The summed E-state index contributed by atoms with van der Waals surface area (Å²) in [6, 6.07) is 0. The van der Waals surface area contributed by atoms with E-state index in [1.807, 2.05) is 0 Å². The van der Waals surface area contributed by atoms with E-state index in [2.05, 4.69) is 9.72 Å². The predicted molar refractivity (Wildman–Crippen MR) is 49.5 cm³/mol. The lowest BCUT2D eigenvalue weighted by molar-refractivity contribution is 0.0513.